The molecule has 17 heavy (non-hydrogen) atoms. The van der Waals surface area contributed by atoms with Crippen LogP contribution in [0.2, 0.25) is 0 Å². The van der Waals surface area contributed by atoms with Gasteiger partial charge in [0.25, 0.3) is 0 Å². The molecule has 3 atom stereocenters. The normalized spacial score (nSPS) is 31.0. The van der Waals surface area contributed by atoms with Crippen LogP contribution in [0, 0.1) is 5.92 Å². The van der Waals surface area contributed by atoms with Crippen LogP contribution in [0.25, 0.3) is 0 Å². The van der Waals surface area contributed by atoms with Crippen molar-refractivity contribution in [3.05, 3.63) is 29.6 Å². The lowest BCUT2D eigenvalue weighted by molar-refractivity contribution is 0.432. The largest absolute Gasteiger partial charge is 0.306 e. The van der Waals surface area contributed by atoms with E-state index in [1.54, 1.807) is 0 Å². The van der Waals surface area contributed by atoms with Gasteiger partial charge in [-0.15, -0.1) is 0 Å². The highest BCUT2D eigenvalue weighted by molar-refractivity contribution is 5.25. The average molecular weight is 230 g/mol. The summed E-state index contributed by atoms with van der Waals surface area (Å²) in [4.78, 5) is 4.59. The van der Waals surface area contributed by atoms with Crippen LogP contribution in [-0.4, -0.2) is 11.0 Å². The van der Waals surface area contributed by atoms with Crippen molar-refractivity contribution in [3.63, 3.8) is 0 Å². The lowest BCUT2D eigenvalue weighted by Crippen LogP contribution is -2.28. The van der Waals surface area contributed by atoms with Crippen molar-refractivity contribution in [2.24, 2.45) is 5.92 Å². The molecular formula is C15H22N2. The van der Waals surface area contributed by atoms with Crippen molar-refractivity contribution in [2.45, 2.75) is 57.5 Å². The lowest BCUT2D eigenvalue weighted by Gasteiger charge is -2.25. The van der Waals surface area contributed by atoms with E-state index in [2.05, 4.69) is 29.4 Å². The van der Waals surface area contributed by atoms with Gasteiger partial charge in [0.15, 0.2) is 0 Å². The molecule has 0 saturated heterocycles. The molecule has 2 nitrogen and oxygen atoms in total. The van der Waals surface area contributed by atoms with Gasteiger partial charge in [-0.25, -0.2) is 0 Å². The maximum Gasteiger partial charge on any atom is 0.0605 e. The van der Waals surface area contributed by atoms with Crippen LogP contribution >= 0.6 is 0 Å². The number of rotatable bonds is 4. The molecule has 0 aliphatic heterocycles. The van der Waals surface area contributed by atoms with Crippen molar-refractivity contribution >= 4 is 0 Å². The molecule has 1 saturated carbocycles. The van der Waals surface area contributed by atoms with Crippen molar-refractivity contribution in [2.75, 3.05) is 0 Å². The second-order valence-corrected chi connectivity index (χ2v) is 5.55. The Labute approximate surface area is 104 Å². The van der Waals surface area contributed by atoms with Gasteiger partial charge in [0.2, 0.25) is 0 Å². The Balaban J connectivity index is 1.66. The van der Waals surface area contributed by atoms with Crippen molar-refractivity contribution in [3.8, 4) is 0 Å². The molecule has 1 aromatic rings. The molecule has 2 aliphatic rings. The summed E-state index contributed by atoms with van der Waals surface area (Å²) >= 11 is 0. The summed E-state index contributed by atoms with van der Waals surface area (Å²) in [6.45, 7) is 2.28. The van der Waals surface area contributed by atoms with Crippen molar-refractivity contribution < 1.29 is 0 Å². The Hall–Kier alpha value is -0.890. The quantitative estimate of drug-likeness (QED) is 0.859. The number of hydrogen-bond acceptors (Lipinski definition) is 2. The second kappa shape index (κ2) is 4.77. The molecule has 1 aromatic heterocycles. The maximum atomic E-state index is 4.59. The summed E-state index contributed by atoms with van der Waals surface area (Å²) in [5, 5.41) is 3.82. The van der Waals surface area contributed by atoms with Gasteiger partial charge in [0.05, 0.1) is 5.69 Å². The minimum absolute atomic E-state index is 0.520. The van der Waals surface area contributed by atoms with Gasteiger partial charge in [0.1, 0.15) is 0 Å². The molecule has 1 fully saturated rings. The van der Waals surface area contributed by atoms with Gasteiger partial charge in [-0.05, 0) is 49.7 Å². The number of hydrogen-bond donors (Lipinski definition) is 1. The molecule has 0 spiro atoms. The van der Waals surface area contributed by atoms with Gasteiger partial charge in [-0.3, -0.25) is 4.98 Å². The molecule has 1 N–H and O–H groups in total. The first-order chi connectivity index (χ1) is 8.38. The topological polar surface area (TPSA) is 24.9 Å². The zero-order chi connectivity index (χ0) is 11.7. The summed E-state index contributed by atoms with van der Waals surface area (Å²) < 4.78 is 0. The number of nitrogens with zero attached hydrogens (tertiary/aromatic N) is 1. The fourth-order valence-corrected chi connectivity index (χ4v) is 3.17. The monoisotopic (exact) mass is 230 g/mol. The van der Waals surface area contributed by atoms with Crippen LogP contribution in [0.15, 0.2) is 18.3 Å². The van der Waals surface area contributed by atoms with Crippen LogP contribution in [0.3, 0.4) is 0 Å². The third-order valence-corrected chi connectivity index (χ3v) is 4.19. The molecule has 0 radical (unpaired) electrons. The number of aryl methyl sites for hydroxylation is 1. The lowest BCUT2D eigenvalue weighted by atomic mass is 9.92. The van der Waals surface area contributed by atoms with Crippen LogP contribution in [0.1, 0.15) is 56.3 Å². The molecule has 2 aliphatic carbocycles. The fraction of sp³-hybridized carbons (Fsp3) is 0.667. The van der Waals surface area contributed by atoms with Gasteiger partial charge in [0, 0.05) is 18.3 Å². The molecule has 2 heteroatoms. The first kappa shape index (κ1) is 11.2. The first-order valence-electron chi connectivity index (χ1n) is 7.08. The molecular weight excluding hydrogens is 208 g/mol. The van der Waals surface area contributed by atoms with E-state index in [1.165, 1.54) is 49.8 Å². The highest BCUT2D eigenvalue weighted by Crippen LogP contribution is 2.38. The molecule has 0 bridgehead atoms. The predicted molar refractivity (Wildman–Crippen MR) is 69.9 cm³/mol. The smallest absolute Gasteiger partial charge is 0.0605 e. The summed E-state index contributed by atoms with van der Waals surface area (Å²) in [6.07, 6.45) is 9.81. The first-order valence-corrected chi connectivity index (χ1v) is 7.08. The highest BCUT2D eigenvalue weighted by atomic mass is 15.0. The van der Waals surface area contributed by atoms with Crippen LogP contribution < -0.4 is 5.32 Å². The Morgan fingerprint density at radius 1 is 1.47 bits per heavy atom. The minimum atomic E-state index is 0.520. The van der Waals surface area contributed by atoms with E-state index < -0.39 is 0 Å². The SMILES string of the molecule is CCCC1CC1NC1CCCc2cccnc21. The van der Waals surface area contributed by atoms with Gasteiger partial charge in [-0.2, -0.15) is 0 Å². The zero-order valence-corrected chi connectivity index (χ0v) is 10.7. The van der Waals surface area contributed by atoms with Crippen molar-refractivity contribution in [1.82, 2.24) is 10.3 Å². The Morgan fingerprint density at radius 3 is 3.29 bits per heavy atom. The fourth-order valence-electron chi connectivity index (χ4n) is 3.17. The number of aromatic nitrogens is 1. The number of nitrogens with one attached hydrogen (secondary N) is 1. The minimum Gasteiger partial charge on any atom is -0.306 e. The standard InChI is InChI=1S/C15H22N2/c1-2-5-12-10-14(12)17-13-8-3-6-11-7-4-9-16-15(11)13/h4,7,9,12-14,17H,2-3,5-6,8,10H2,1H3. The van der Waals surface area contributed by atoms with Gasteiger partial charge >= 0.3 is 0 Å². The predicted octanol–water partition coefficient (Wildman–Crippen LogP) is 3.24. The molecule has 3 rings (SSSR count). The molecule has 0 aromatic carbocycles. The number of fused-ring (bicyclic) bond motifs is 1. The maximum absolute atomic E-state index is 4.59. The molecule has 0 amide bonds. The molecule has 1 heterocycles. The number of pyridine rings is 1. The summed E-state index contributed by atoms with van der Waals surface area (Å²) in [5.41, 5.74) is 2.78. The summed E-state index contributed by atoms with van der Waals surface area (Å²) in [7, 11) is 0. The summed E-state index contributed by atoms with van der Waals surface area (Å²) in [5.74, 6) is 0.939. The van der Waals surface area contributed by atoms with Crippen LogP contribution in [-0.2, 0) is 6.42 Å². The third kappa shape index (κ3) is 2.37. The summed E-state index contributed by atoms with van der Waals surface area (Å²) in [6, 6.07) is 5.60. The molecule has 3 unspecified atom stereocenters. The van der Waals surface area contributed by atoms with Gasteiger partial charge < -0.3 is 5.32 Å². The van der Waals surface area contributed by atoms with E-state index >= 15 is 0 Å². The third-order valence-electron chi connectivity index (χ3n) is 4.19. The Kier molecular flexibility index (Phi) is 3.15. The zero-order valence-electron chi connectivity index (χ0n) is 10.7. The van der Waals surface area contributed by atoms with E-state index in [0.29, 0.717) is 6.04 Å². The van der Waals surface area contributed by atoms with Gasteiger partial charge in [-0.1, -0.05) is 19.4 Å². The average Bonchev–Trinajstić information content (AvgIpc) is 3.08. The second-order valence-electron chi connectivity index (χ2n) is 5.55. The van der Waals surface area contributed by atoms with Crippen LogP contribution in [0.5, 0.6) is 0 Å². The highest BCUT2D eigenvalue weighted by Gasteiger charge is 2.38. The Morgan fingerprint density at radius 2 is 2.41 bits per heavy atom. The van der Waals surface area contributed by atoms with E-state index in [1.807, 2.05) is 6.20 Å². The Bertz CT molecular complexity index is 388. The van der Waals surface area contributed by atoms with Crippen molar-refractivity contribution in [1.29, 1.82) is 0 Å². The van der Waals surface area contributed by atoms with Crippen LogP contribution in [0.4, 0.5) is 0 Å². The van der Waals surface area contributed by atoms with E-state index in [0.717, 1.165) is 12.0 Å². The van der Waals surface area contributed by atoms with E-state index in [9.17, 15) is 0 Å². The molecule has 92 valence electrons. The van der Waals surface area contributed by atoms with E-state index in [-0.39, 0.29) is 0 Å². The van der Waals surface area contributed by atoms with E-state index in [4.69, 9.17) is 0 Å².